The Bertz CT molecular complexity index is 457. The molecule has 0 aliphatic rings. The molecule has 0 aliphatic carbocycles. The summed E-state index contributed by atoms with van der Waals surface area (Å²) in [5.74, 6) is -1.01. The fourth-order valence-electron chi connectivity index (χ4n) is 1.48. The summed E-state index contributed by atoms with van der Waals surface area (Å²) >= 11 is 5.80. The van der Waals surface area contributed by atoms with Crippen LogP contribution in [0.1, 0.15) is 12.5 Å². The summed E-state index contributed by atoms with van der Waals surface area (Å²) in [6.07, 6.45) is 0. The molecule has 106 valence electrons. The third kappa shape index (κ3) is 4.65. The van der Waals surface area contributed by atoms with Crippen molar-refractivity contribution in [1.82, 2.24) is 4.90 Å². The zero-order valence-electron chi connectivity index (χ0n) is 10.4. The molecule has 1 unspecified atom stereocenters. The van der Waals surface area contributed by atoms with Gasteiger partial charge in [-0.25, -0.2) is 0 Å². The second-order valence-corrected chi connectivity index (χ2v) is 4.50. The highest BCUT2D eigenvalue weighted by molar-refractivity contribution is 6.30. The van der Waals surface area contributed by atoms with Crippen LogP contribution >= 0.6 is 11.6 Å². The van der Waals surface area contributed by atoms with E-state index in [9.17, 15) is 13.6 Å². The minimum atomic E-state index is -2.94. The van der Waals surface area contributed by atoms with Crippen molar-refractivity contribution in [3.05, 3.63) is 28.8 Å². The molecular weight excluding hydrogens is 280 g/mol. The first kappa shape index (κ1) is 15.7. The number of rotatable bonds is 6. The standard InChI is InChI=1S/C12H14ClF2NO3/c1-7(11(17)18)16(2)6-8-5-9(13)3-4-10(8)19-12(14)15/h3-5,7,12H,6H2,1-2H3,(H,17,18). The van der Waals surface area contributed by atoms with E-state index >= 15 is 0 Å². The molecule has 0 spiro atoms. The number of hydrogen-bond donors (Lipinski definition) is 1. The summed E-state index contributed by atoms with van der Waals surface area (Å²) in [5, 5.41) is 9.25. The van der Waals surface area contributed by atoms with Crippen molar-refractivity contribution < 1.29 is 23.4 Å². The number of likely N-dealkylation sites (N-methyl/N-ethyl adjacent to an activating group) is 1. The third-order valence-corrected chi connectivity index (χ3v) is 2.91. The monoisotopic (exact) mass is 293 g/mol. The van der Waals surface area contributed by atoms with E-state index < -0.39 is 18.6 Å². The lowest BCUT2D eigenvalue weighted by Gasteiger charge is -2.22. The summed E-state index contributed by atoms with van der Waals surface area (Å²) in [6.45, 7) is -1.31. The first-order valence-electron chi connectivity index (χ1n) is 5.47. The Balaban J connectivity index is 2.92. The van der Waals surface area contributed by atoms with Gasteiger partial charge in [0, 0.05) is 17.1 Å². The van der Waals surface area contributed by atoms with Gasteiger partial charge >= 0.3 is 12.6 Å². The smallest absolute Gasteiger partial charge is 0.387 e. The Morgan fingerprint density at radius 2 is 2.16 bits per heavy atom. The molecule has 0 radical (unpaired) electrons. The number of halogens is 3. The summed E-state index contributed by atoms with van der Waals surface area (Å²) in [4.78, 5) is 12.3. The molecule has 0 aliphatic heterocycles. The van der Waals surface area contributed by atoms with Crippen molar-refractivity contribution >= 4 is 17.6 Å². The van der Waals surface area contributed by atoms with Gasteiger partial charge in [0.05, 0.1) is 0 Å². The molecule has 4 nitrogen and oxygen atoms in total. The van der Waals surface area contributed by atoms with Crippen molar-refractivity contribution in [2.45, 2.75) is 26.1 Å². The van der Waals surface area contributed by atoms with Crippen molar-refractivity contribution in [1.29, 1.82) is 0 Å². The maximum absolute atomic E-state index is 12.3. The van der Waals surface area contributed by atoms with Crippen LogP contribution < -0.4 is 4.74 Å². The van der Waals surface area contributed by atoms with E-state index in [2.05, 4.69) is 4.74 Å². The number of carboxylic acids is 1. The molecule has 1 rings (SSSR count). The lowest BCUT2D eigenvalue weighted by Crippen LogP contribution is -2.35. The quantitative estimate of drug-likeness (QED) is 0.876. The van der Waals surface area contributed by atoms with Gasteiger partial charge in [0.1, 0.15) is 11.8 Å². The van der Waals surface area contributed by atoms with Gasteiger partial charge in [0.25, 0.3) is 0 Å². The number of benzene rings is 1. The normalized spacial score (nSPS) is 12.8. The van der Waals surface area contributed by atoms with Crippen LogP contribution in [0.4, 0.5) is 8.78 Å². The molecule has 1 atom stereocenters. The third-order valence-electron chi connectivity index (χ3n) is 2.68. The van der Waals surface area contributed by atoms with E-state index in [1.54, 1.807) is 7.05 Å². The lowest BCUT2D eigenvalue weighted by atomic mass is 10.1. The van der Waals surface area contributed by atoms with Gasteiger partial charge in [-0.3, -0.25) is 9.69 Å². The van der Waals surface area contributed by atoms with Crippen molar-refractivity contribution in [2.24, 2.45) is 0 Å². The Kier molecular flexibility index (Phi) is 5.50. The van der Waals surface area contributed by atoms with Gasteiger partial charge < -0.3 is 9.84 Å². The average molecular weight is 294 g/mol. The predicted molar refractivity (Wildman–Crippen MR) is 66.6 cm³/mol. The van der Waals surface area contributed by atoms with Gasteiger partial charge in [-0.1, -0.05) is 11.6 Å². The molecule has 7 heteroatoms. The molecule has 0 bridgehead atoms. The van der Waals surface area contributed by atoms with Crippen LogP contribution in [-0.2, 0) is 11.3 Å². The molecule has 1 aromatic carbocycles. The van der Waals surface area contributed by atoms with E-state index in [4.69, 9.17) is 16.7 Å². The van der Waals surface area contributed by atoms with E-state index in [0.29, 0.717) is 10.6 Å². The Hall–Kier alpha value is -1.40. The van der Waals surface area contributed by atoms with Crippen molar-refractivity contribution in [3.8, 4) is 5.75 Å². The first-order chi connectivity index (χ1) is 8.81. The summed E-state index contributed by atoms with van der Waals surface area (Å²) in [6, 6.07) is 3.50. The maximum atomic E-state index is 12.3. The first-order valence-corrected chi connectivity index (χ1v) is 5.85. The predicted octanol–water partition coefficient (Wildman–Crippen LogP) is 2.85. The summed E-state index contributed by atoms with van der Waals surface area (Å²) in [5.41, 5.74) is 0.406. The molecule has 0 saturated carbocycles. The average Bonchev–Trinajstić information content (AvgIpc) is 2.31. The summed E-state index contributed by atoms with van der Waals surface area (Å²) in [7, 11) is 1.58. The van der Waals surface area contributed by atoms with Crippen molar-refractivity contribution in [3.63, 3.8) is 0 Å². The van der Waals surface area contributed by atoms with Gasteiger partial charge in [-0.15, -0.1) is 0 Å². The largest absolute Gasteiger partial charge is 0.480 e. The Morgan fingerprint density at radius 3 is 2.68 bits per heavy atom. The summed E-state index contributed by atoms with van der Waals surface area (Å²) < 4.78 is 28.9. The van der Waals surface area contributed by atoms with Gasteiger partial charge in [-0.2, -0.15) is 8.78 Å². The fraction of sp³-hybridized carbons (Fsp3) is 0.417. The molecular formula is C12H14ClF2NO3. The molecule has 0 heterocycles. The Labute approximate surface area is 114 Å². The highest BCUT2D eigenvalue weighted by Crippen LogP contribution is 2.26. The van der Waals surface area contributed by atoms with Crippen LogP contribution in [0.15, 0.2) is 18.2 Å². The van der Waals surface area contributed by atoms with Crippen LogP contribution in [0.5, 0.6) is 5.75 Å². The molecule has 0 saturated heterocycles. The van der Waals surface area contributed by atoms with E-state index in [1.807, 2.05) is 0 Å². The second kappa shape index (κ2) is 6.68. The number of aliphatic carboxylic acids is 1. The van der Waals surface area contributed by atoms with Crippen LogP contribution in [-0.4, -0.2) is 35.7 Å². The van der Waals surface area contributed by atoms with Crippen molar-refractivity contribution in [2.75, 3.05) is 7.05 Å². The molecule has 19 heavy (non-hydrogen) atoms. The number of ether oxygens (including phenoxy) is 1. The van der Waals surface area contributed by atoms with Gasteiger partial charge in [-0.05, 0) is 32.2 Å². The second-order valence-electron chi connectivity index (χ2n) is 4.06. The highest BCUT2D eigenvalue weighted by Gasteiger charge is 2.19. The van der Waals surface area contributed by atoms with E-state index in [-0.39, 0.29) is 12.3 Å². The molecule has 0 aromatic heterocycles. The van der Waals surface area contributed by atoms with Crippen LogP contribution in [0.25, 0.3) is 0 Å². The van der Waals surface area contributed by atoms with Crippen LogP contribution in [0.3, 0.4) is 0 Å². The molecule has 1 N–H and O–H groups in total. The SMILES string of the molecule is CC(C(=O)O)N(C)Cc1cc(Cl)ccc1OC(F)F. The topological polar surface area (TPSA) is 49.8 Å². The number of carbonyl (C=O) groups is 1. The van der Waals surface area contributed by atoms with Crippen LogP contribution in [0, 0.1) is 0 Å². The maximum Gasteiger partial charge on any atom is 0.387 e. The van der Waals surface area contributed by atoms with E-state index in [1.165, 1.54) is 30.0 Å². The minimum Gasteiger partial charge on any atom is -0.480 e. The number of hydrogen-bond acceptors (Lipinski definition) is 3. The zero-order chi connectivity index (χ0) is 14.6. The van der Waals surface area contributed by atoms with E-state index in [0.717, 1.165) is 0 Å². The number of carboxylic acid groups (broad SMARTS) is 1. The minimum absolute atomic E-state index is 0.0103. The van der Waals surface area contributed by atoms with Gasteiger partial charge in [0.2, 0.25) is 0 Å². The Morgan fingerprint density at radius 1 is 1.53 bits per heavy atom. The fourth-order valence-corrected chi connectivity index (χ4v) is 1.67. The lowest BCUT2D eigenvalue weighted by molar-refractivity contribution is -0.142. The molecule has 1 aromatic rings. The van der Waals surface area contributed by atoms with Crippen LogP contribution in [0.2, 0.25) is 5.02 Å². The van der Waals surface area contributed by atoms with Gasteiger partial charge in [0.15, 0.2) is 0 Å². The highest BCUT2D eigenvalue weighted by atomic mass is 35.5. The zero-order valence-corrected chi connectivity index (χ0v) is 11.2. The number of nitrogens with zero attached hydrogens (tertiary/aromatic N) is 1. The molecule has 0 amide bonds. The molecule has 0 fully saturated rings. The number of alkyl halides is 2.